The van der Waals surface area contributed by atoms with Gasteiger partial charge in [0.05, 0.1) is 6.61 Å². The molecule has 0 bridgehead atoms. The maximum Gasteiger partial charge on any atom is 0.261 e. The lowest BCUT2D eigenvalue weighted by molar-refractivity contribution is 0.339. The highest BCUT2D eigenvalue weighted by Crippen LogP contribution is 2.36. The SMILES string of the molecule is CC(C)(C)[Si](OC/C=C\CBr)(c1ccccc1)c1ccccc1. The Morgan fingerprint density at radius 2 is 1.35 bits per heavy atom. The summed E-state index contributed by atoms with van der Waals surface area (Å²) >= 11 is 3.43. The third-order valence-electron chi connectivity index (χ3n) is 4.07. The molecule has 0 atom stereocenters. The van der Waals surface area contributed by atoms with Crippen LogP contribution in [0.2, 0.25) is 5.04 Å². The normalized spacial score (nSPS) is 12.7. The highest BCUT2D eigenvalue weighted by molar-refractivity contribution is 9.09. The minimum atomic E-state index is -2.37. The molecule has 0 aliphatic carbocycles. The first-order valence-electron chi connectivity index (χ1n) is 7.98. The monoisotopic (exact) mass is 388 g/mol. The standard InChI is InChI=1S/C20H25BrOSi/c1-20(2,3)23(22-17-11-10-16-21,18-12-6-4-7-13-18)19-14-8-5-9-15-19/h4-15H,16-17H2,1-3H3/b11-10-. The van der Waals surface area contributed by atoms with E-state index in [1.165, 1.54) is 10.4 Å². The van der Waals surface area contributed by atoms with Gasteiger partial charge in [0.25, 0.3) is 8.32 Å². The molecule has 0 aromatic heterocycles. The molecule has 23 heavy (non-hydrogen) atoms. The molecule has 0 heterocycles. The second kappa shape index (κ2) is 8.09. The van der Waals surface area contributed by atoms with Crippen LogP contribution in [0.5, 0.6) is 0 Å². The van der Waals surface area contributed by atoms with Gasteiger partial charge in [0.1, 0.15) is 0 Å². The van der Waals surface area contributed by atoms with Gasteiger partial charge in [-0.1, -0.05) is 110 Å². The number of rotatable bonds is 6. The highest BCUT2D eigenvalue weighted by atomic mass is 79.9. The van der Waals surface area contributed by atoms with E-state index < -0.39 is 8.32 Å². The Bertz CT molecular complexity index is 578. The molecule has 0 N–H and O–H groups in total. The summed E-state index contributed by atoms with van der Waals surface area (Å²) < 4.78 is 6.70. The summed E-state index contributed by atoms with van der Waals surface area (Å²) in [5, 5.41) is 3.55. The molecule has 0 aliphatic heterocycles. The third kappa shape index (κ3) is 4.03. The minimum Gasteiger partial charge on any atom is -0.404 e. The summed E-state index contributed by atoms with van der Waals surface area (Å²) in [4.78, 5) is 0. The van der Waals surface area contributed by atoms with Gasteiger partial charge in [0, 0.05) is 5.33 Å². The molecule has 1 nitrogen and oxygen atoms in total. The fraction of sp³-hybridized carbons (Fsp3) is 0.300. The summed E-state index contributed by atoms with van der Waals surface area (Å²) in [5.74, 6) is 0. The van der Waals surface area contributed by atoms with E-state index >= 15 is 0 Å². The van der Waals surface area contributed by atoms with Crippen molar-refractivity contribution in [3.63, 3.8) is 0 Å². The molecule has 0 amide bonds. The Morgan fingerprint density at radius 3 is 1.74 bits per heavy atom. The van der Waals surface area contributed by atoms with Crippen LogP contribution in [0.1, 0.15) is 20.8 Å². The van der Waals surface area contributed by atoms with Crippen molar-refractivity contribution in [1.29, 1.82) is 0 Å². The Morgan fingerprint density at radius 1 is 0.870 bits per heavy atom. The van der Waals surface area contributed by atoms with Crippen LogP contribution in [0.25, 0.3) is 0 Å². The summed E-state index contributed by atoms with van der Waals surface area (Å²) in [6.07, 6.45) is 4.20. The molecule has 2 rings (SSSR count). The largest absolute Gasteiger partial charge is 0.404 e. The van der Waals surface area contributed by atoms with E-state index in [9.17, 15) is 0 Å². The van der Waals surface area contributed by atoms with Crippen LogP contribution in [0, 0.1) is 0 Å². The van der Waals surface area contributed by atoms with Crippen LogP contribution in [0.15, 0.2) is 72.8 Å². The van der Waals surface area contributed by atoms with Gasteiger partial charge in [0.2, 0.25) is 0 Å². The maximum absolute atomic E-state index is 6.70. The molecule has 0 spiro atoms. The maximum atomic E-state index is 6.70. The molecule has 2 aromatic rings. The van der Waals surface area contributed by atoms with Gasteiger partial charge in [0.15, 0.2) is 0 Å². The molecular weight excluding hydrogens is 364 g/mol. The third-order valence-corrected chi connectivity index (χ3v) is 9.45. The van der Waals surface area contributed by atoms with E-state index in [1.807, 2.05) is 0 Å². The van der Waals surface area contributed by atoms with Crippen molar-refractivity contribution in [2.75, 3.05) is 11.9 Å². The zero-order valence-electron chi connectivity index (χ0n) is 14.1. The molecule has 0 unspecified atom stereocenters. The number of hydrogen-bond acceptors (Lipinski definition) is 1. The number of halogens is 1. The Kier molecular flexibility index (Phi) is 6.39. The fourth-order valence-electron chi connectivity index (χ4n) is 3.07. The van der Waals surface area contributed by atoms with E-state index in [0.717, 1.165) is 5.33 Å². The molecule has 0 radical (unpaired) electrons. The summed E-state index contributed by atoms with van der Waals surface area (Å²) in [6, 6.07) is 21.5. The summed E-state index contributed by atoms with van der Waals surface area (Å²) in [6.45, 7) is 7.53. The lowest BCUT2D eigenvalue weighted by Gasteiger charge is -2.42. The number of hydrogen-bond donors (Lipinski definition) is 0. The summed E-state index contributed by atoms with van der Waals surface area (Å²) in [7, 11) is -2.37. The lowest BCUT2D eigenvalue weighted by atomic mass is 10.2. The second-order valence-electron chi connectivity index (χ2n) is 6.60. The van der Waals surface area contributed by atoms with Crippen LogP contribution in [-0.4, -0.2) is 20.3 Å². The molecule has 0 fully saturated rings. The van der Waals surface area contributed by atoms with Crippen LogP contribution in [0.3, 0.4) is 0 Å². The van der Waals surface area contributed by atoms with E-state index in [4.69, 9.17) is 4.43 Å². The first-order chi connectivity index (χ1) is 11.0. The molecule has 3 heteroatoms. The smallest absolute Gasteiger partial charge is 0.261 e. The van der Waals surface area contributed by atoms with Crippen LogP contribution >= 0.6 is 15.9 Å². The van der Waals surface area contributed by atoms with Crippen molar-refractivity contribution in [3.8, 4) is 0 Å². The molecule has 0 aliphatic rings. The van der Waals surface area contributed by atoms with Gasteiger partial charge >= 0.3 is 0 Å². The van der Waals surface area contributed by atoms with E-state index in [0.29, 0.717) is 6.61 Å². The predicted molar refractivity (Wildman–Crippen MR) is 107 cm³/mol. The number of benzene rings is 2. The van der Waals surface area contributed by atoms with Crippen molar-refractivity contribution in [3.05, 3.63) is 72.8 Å². The molecule has 0 saturated carbocycles. The zero-order chi connectivity index (χ0) is 16.8. The molecule has 0 saturated heterocycles. The van der Waals surface area contributed by atoms with Crippen LogP contribution in [0.4, 0.5) is 0 Å². The Balaban J connectivity index is 2.57. The van der Waals surface area contributed by atoms with Gasteiger partial charge in [-0.15, -0.1) is 0 Å². The van der Waals surface area contributed by atoms with Gasteiger partial charge in [-0.2, -0.15) is 0 Å². The van der Waals surface area contributed by atoms with Crippen molar-refractivity contribution in [1.82, 2.24) is 0 Å². The van der Waals surface area contributed by atoms with E-state index in [-0.39, 0.29) is 5.04 Å². The first kappa shape index (κ1) is 18.2. The molecule has 122 valence electrons. The van der Waals surface area contributed by atoms with Gasteiger partial charge in [-0.05, 0) is 15.4 Å². The van der Waals surface area contributed by atoms with E-state index in [2.05, 4.69) is 110 Å². The van der Waals surface area contributed by atoms with Gasteiger partial charge in [-0.3, -0.25) is 0 Å². The van der Waals surface area contributed by atoms with Crippen LogP contribution < -0.4 is 10.4 Å². The predicted octanol–water partition coefficient (Wildman–Crippen LogP) is 4.51. The lowest BCUT2D eigenvalue weighted by Crippen LogP contribution is -2.66. The van der Waals surface area contributed by atoms with Crippen molar-refractivity contribution >= 4 is 34.6 Å². The summed E-state index contributed by atoms with van der Waals surface area (Å²) in [5.41, 5.74) is 0. The number of alkyl halides is 1. The number of allylic oxidation sites excluding steroid dienone is 1. The Labute approximate surface area is 149 Å². The molecular formula is C20H25BrOSi. The fourth-order valence-corrected chi connectivity index (χ4v) is 7.83. The van der Waals surface area contributed by atoms with Gasteiger partial charge < -0.3 is 4.43 Å². The zero-order valence-corrected chi connectivity index (χ0v) is 16.7. The second-order valence-corrected chi connectivity index (χ2v) is 11.6. The van der Waals surface area contributed by atoms with Crippen molar-refractivity contribution in [2.24, 2.45) is 0 Å². The van der Waals surface area contributed by atoms with Gasteiger partial charge in [-0.25, -0.2) is 0 Å². The average Bonchev–Trinajstić information content (AvgIpc) is 2.55. The topological polar surface area (TPSA) is 9.23 Å². The quantitative estimate of drug-likeness (QED) is 0.401. The Hall–Kier alpha value is -1.16. The van der Waals surface area contributed by atoms with E-state index in [1.54, 1.807) is 0 Å². The average molecular weight is 389 g/mol. The van der Waals surface area contributed by atoms with Crippen molar-refractivity contribution in [2.45, 2.75) is 25.8 Å². The minimum absolute atomic E-state index is 0.0396. The van der Waals surface area contributed by atoms with Crippen molar-refractivity contribution < 1.29 is 4.43 Å². The van der Waals surface area contributed by atoms with Crippen LogP contribution in [-0.2, 0) is 4.43 Å². The molecule has 2 aromatic carbocycles. The highest BCUT2D eigenvalue weighted by Gasteiger charge is 2.49. The first-order valence-corrected chi connectivity index (χ1v) is 11.0.